The summed E-state index contributed by atoms with van der Waals surface area (Å²) >= 11 is 6.51. The maximum absolute atomic E-state index is 14.6. The van der Waals surface area contributed by atoms with Crippen molar-refractivity contribution in [2.45, 2.75) is 99.5 Å². The average Bonchev–Trinajstić information content (AvgIpc) is 2.94. The molecule has 0 bridgehead atoms. The number of aryl methyl sites for hydroxylation is 2. The molecule has 6 nitrogen and oxygen atoms in total. The molecule has 244 valence electrons. The summed E-state index contributed by atoms with van der Waals surface area (Å²) in [6.45, 7) is 17.1. The molecule has 0 spiro atoms. The number of pyridine rings is 1. The topological polar surface area (TPSA) is 76.9 Å². The summed E-state index contributed by atoms with van der Waals surface area (Å²) in [5.74, 6) is -0.901. The third-order valence-electron chi connectivity index (χ3n) is 8.76. The van der Waals surface area contributed by atoms with Crippen LogP contribution in [0.2, 0.25) is 5.02 Å². The maximum Gasteiger partial charge on any atom is 0.307 e. The van der Waals surface area contributed by atoms with Crippen molar-refractivity contribution in [2.24, 2.45) is 5.41 Å². The Kier molecular flexibility index (Phi) is 11.0. The van der Waals surface area contributed by atoms with Crippen molar-refractivity contribution in [1.29, 1.82) is 0 Å². The standard InChI is InChI=1S/C33H39ClFN3O2.C4H10O/c1-21-6-5-7-28(34)27(21)20-37-13-10-23-16-24(8-9-25(23)19-37)31-29(18-35)36-22(2)26(17-30(39)40)32(31)38-14-11-33(3,4)12-15-38;1-4(2,3)5/h5-9,16H,10-15,17-20H2,1-4H3,(H,39,40);5H,1-3H3. The summed E-state index contributed by atoms with van der Waals surface area (Å²) in [6, 6.07) is 12.4. The predicted octanol–water partition coefficient (Wildman–Crippen LogP) is 8.08. The van der Waals surface area contributed by atoms with Gasteiger partial charge in [0.2, 0.25) is 0 Å². The van der Waals surface area contributed by atoms with Crippen molar-refractivity contribution in [3.05, 3.63) is 80.6 Å². The number of carbonyl (C=O) groups is 1. The zero-order valence-corrected chi connectivity index (χ0v) is 28.7. The largest absolute Gasteiger partial charge is 0.481 e. The molecular formula is C37H49ClFN3O3. The van der Waals surface area contributed by atoms with Crippen LogP contribution in [0.1, 0.15) is 86.7 Å². The number of benzene rings is 2. The van der Waals surface area contributed by atoms with E-state index in [1.165, 1.54) is 22.3 Å². The number of piperidine rings is 1. The van der Waals surface area contributed by atoms with E-state index in [0.29, 0.717) is 17.0 Å². The first-order chi connectivity index (χ1) is 21.1. The van der Waals surface area contributed by atoms with Crippen LogP contribution in [-0.4, -0.2) is 51.3 Å². The minimum absolute atomic E-state index is 0.130. The number of aliphatic carboxylic acids is 1. The second-order valence-electron chi connectivity index (χ2n) is 14.4. The first-order valence-corrected chi connectivity index (χ1v) is 16.3. The van der Waals surface area contributed by atoms with Gasteiger partial charge in [-0.1, -0.05) is 55.8 Å². The van der Waals surface area contributed by atoms with Crippen LogP contribution in [0, 0.1) is 19.3 Å². The lowest BCUT2D eigenvalue weighted by atomic mass is 9.81. The fourth-order valence-corrected chi connectivity index (χ4v) is 6.51. The van der Waals surface area contributed by atoms with E-state index >= 15 is 0 Å². The molecule has 0 atom stereocenters. The highest BCUT2D eigenvalue weighted by molar-refractivity contribution is 6.31. The van der Waals surface area contributed by atoms with Crippen molar-refractivity contribution in [1.82, 2.24) is 9.88 Å². The van der Waals surface area contributed by atoms with Crippen molar-refractivity contribution < 1.29 is 19.4 Å². The van der Waals surface area contributed by atoms with Crippen molar-refractivity contribution in [3.63, 3.8) is 0 Å². The molecular weight excluding hydrogens is 589 g/mol. The highest BCUT2D eigenvalue weighted by Crippen LogP contribution is 2.42. The zero-order valence-electron chi connectivity index (χ0n) is 27.9. The van der Waals surface area contributed by atoms with E-state index in [1.807, 2.05) is 12.1 Å². The molecule has 0 radical (unpaired) electrons. The van der Waals surface area contributed by atoms with Gasteiger partial charge in [0, 0.05) is 54.6 Å². The zero-order chi connectivity index (χ0) is 33.1. The molecule has 5 rings (SSSR count). The summed E-state index contributed by atoms with van der Waals surface area (Å²) in [5, 5.41) is 19.1. The molecule has 8 heteroatoms. The Hall–Kier alpha value is -3.00. The Morgan fingerprint density at radius 1 is 1.04 bits per heavy atom. The summed E-state index contributed by atoms with van der Waals surface area (Å²) in [7, 11) is 0. The van der Waals surface area contributed by atoms with Crippen molar-refractivity contribution in [2.75, 3.05) is 24.5 Å². The lowest BCUT2D eigenvalue weighted by Gasteiger charge is -2.40. The molecule has 0 amide bonds. The minimum atomic E-state index is -0.901. The van der Waals surface area contributed by atoms with E-state index in [0.717, 1.165) is 73.8 Å². The van der Waals surface area contributed by atoms with Crippen LogP contribution in [0.25, 0.3) is 11.1 Å². The number of aromatic nitrogens is 1. The van der Waals surface area contributed by atoms with E-state index in [4.69, 9.17) is 16.7 Å². The SMILES string of the molecule is CC(C)(C)O.Cc1cccc(Cl)c1CN1CCc2cc(-c3c(CF)nc(C)c(CC(=O)O)c3N3CCC(C)(C)CC3)ccc2C1. The number of carboxylic acid groups (broad SMARTS) is 1. The molecule has 1 saturated heterocycles. The third kappa shape index (κ3) is 9.05. The number of nitrogens with zero attached hydrogens (tertiary/aromatic N) is 3. The molecule has 0 aliphatic carbocycles. The van der Waals surface area contributed by atoms with Crippen molar-refractivity contribution in [3.8, 4) is 11.1 Å². The summed E-state index contributed by atoms with van der Waals surface area (Å²) in [4.78, 5) is 21.2. The molecule has 2 aliphatic heterocycles. The Balaban J connectivity index is 0.000000854. The van der Waals surface area contributed by atoms with E-state index < -0.39 is 18.2 Å². The van der Waals surface area contributed by atoms with Gasteiger partial charge in [0.25, 0.3) is 0 Å². The van der Waals surface area contributed by atoms with Gasteiger partial charge in [0.05, 0.1) is 23.4 Å². The number of hydrogen-bond donors (Lipinski definition) is 2. The van der Waals surface area contributed by atoms with Gasteiger partial charge in [-0.25, -0.2) is 4.39 Å². The summed E-state index contributed by atoms with van der Waals surface area (Å²) in [5.41, 5.74) is 8.81. The average molecular weight is 638 g/mol. The van der Waals surface area contributed by atoms with Gasteiger partial charge in [0.15, 0.2) is 0 Å². The third-order valence-corrected chi connectivity index (χ3v) is 9.11. The van der Waals surface area contributed by atoms with Crippen LogP contribution in [0.15, 0.2) is 36.4 Å². The first-order valence-electron chi connectivity index (χ1n) is 15.9. The number of anilines is 1. The fraction of sp³-hybridized carbons (Fsp3) is 0.514. The molecule has 2 N–H and O–H groups in total. The number of fused-ring (bicyclic) bond motifs is 1. The smallest absolute Gasteiger partial charge is 0.307 e. The Morgan fingerprint density at radius 2 is 1.71 bits per heavy atom. The van der Waals surface area contributed by atoms with Crippen LogP contribution in [-0.2, 0) is 37.4 Å². The molecule has 45 heavy (non-hydrogen) atoms. The monoisotopic (exact) mass is 637 g/mol. The molecule has 2 aliphatic rings. The highest BCUT2D eigenvalue weighted by Gasteiger charge is 2.31. The van der Waals surface area contributed by atoms with Gasteiger partial charge in [-0.15, -0.1) is 0 Å². The Morgan fingerprint density at radius 3 is 2.31 bits per heavy atom. The molecule has 0 unspecified atom stereocenters. The number of alkyl halides is 1. The van der Waals surface area contributed by atoms with E-state index in [9.17, 15) is 14.3 Å². The van der Waals surface area contributed by atoms with Crippen LogP contribution >= 0.6 is 11.6 Å². The normalized spacial score (nSPS) is 16.5. The lowest BCUT2D eigenvalue weighted by molar-refractivity contribution is -0.136. The molecule has 3 aromatic rings. The maximum atomic E-state index is 14.6. The van der Waals surface area contributed by atoms with Crippen LogP contribution in [0.4, 0.5) is 10.1 Å². The van der Waals surface area contributed by atoms with Crippen LogP contribution in [0.5, 0.6) is 0 Å². The molecule has 2 aromatic carbocycles. The molecule has 1 fully saturated rings. The van der Waals surface area contributed by atoms with E-state index in [2.05, 4.69) is 59.8 Å². The molecule has 0 saturated carbocycles. The highest BCUT2D eigenvalue weighted by atomic mass is 35.5. The second-order valence-corrected chi connectivity index (χ2v) is 14.8. The molecule has 1 aromatic heterocycles. The van der Waals surface area contributed by atoms with E-state index in [1.54, 1.807) is 27.7 Å². The Labute approximate surface area is 273 Å². The second kappa shape index (κ2) is 14.2. The number of halogens is 2. The van der Waals surface area contributed by atoms with Gasteiger partial charge >= 0.3 is 5.97 Å². The van der Waals surface area contributed by atoms with Gasteiger partial charge in [0.1, 0.15) is 6.67 Å². The number of hydrogen-bond acceptors (Lipinski definition) is 5. The lowest BCUT2D eigenvalue weighted by Crippen LogP contribution is -2.38. The van der Waals surface area contributed by atoms with Crippen molar-refractivity contribution >= 4 is 23.3 Å². The predicted molar refractivity (Wildman–Crippen MR) is 182 cm³/mol. The fourth-order valence-electron chi connectivity index (χ4n) is 6.22. The van der Waals surface area contributed by atoms with Gasteiger partial charge in [-0.3, -0.25) is 14.7 Å². The van der Waals surface area contributed by atoms with Crippen LogP contribution < -0.4 is 4.90 Å². The quantitative estimate of drug-likeness (QED) is 0.273. The number of rotatable bonds is 7. The minimum Gasteiger partial charge on any atom is -0.481 e. The Bertz CT molecular complexity index is 1500. The summed E-state index contributed by atoms with van der Waals surface area (Å²) in [6.07, 6.45) is 2.74. The van der Waals surface area contributed by atoms with Gasteiger partial charge in [-0.05, 0) is 93.2 Å². The van der Waals surface area contributed by atoms with Crippen LogP contribution in [0.3, 0.4) is 0 Å². The molecule has 3 heterocycles. The first kappa shape index (κ1) is 34.9. The van der Waals surface area contributed by atoms with E-state index in [-0.39, 0.29) is 11.8 Å². The number of aliphatic hydroxyl groups is 1. The van der Waals surface area contributed by atoms with Gasteiger partial charge in [-0.2, -0.15) is 0 Å². The summed E-state index contributed by atoms with van der Waals surface area (Å²) < 4.78 is 14.6. The van der Waals surface area contributed by atoms with Gasteiger partial charge < -0.3 is 15.1 Å². The number of carboxylic acids is 1.